The van der Waals surface area contributed by atoms with E-state index in [2.05, 4.69) is 36.8 Å². The molecule has 0 aliphatic rings. The van der Waals surface area contributed by atoms with Gasteiger partial charge in [0.2, 0.25) is 11.3 Å². The van der Waals surface area contributed by atoms with Gasteiger partial charge in [-0.05, 0) is 22.9 Å². The summed E-state index contributed by atoms with van der Waals surface area (Å²) in [5.74, 6) is 0.0291. The van der Waals surface area contributed by atoms with E-state index in [9.17, 15) is 18.0 Å². The smallest absolute Gasteiger partial charge is 0.306 e. The fourth-order valence-corrected chi connectivity index (χ4v) is 2.59. The molecule has 3 aromatic rings. The van der Waals surface area contributed by atoms with Crippen LogP contribution in [0.25, 0.3) is 0 Å². The van der Waals surface area contributed by atoms with E-state index in [-0.39, 0.29) is 17.6 Å². The number of urea groups is 1. The molecule has 3 rings (SSSR count). The molecule has 2 amide bonds. The number of aromatic nitrogens is 3. The number of nitrogens with one attached hydrogen (secondary N) is 2. The zero-order valence-corrected chi connectivity index (χ0v) is 16.0. The minimum absolute atomic E-state index is 0.0291. The Balaban J connectivity index is 1.65. The van der Waals surface area contributed by atoms with Gasteiger partial charge in [0.15, 0.2) is 0 Å². The molecule has 146 valence electrons. The third-order valence-corrected chi connectivity index (χ3v) is 4.32. The number of carbonyl (C=O) groups excluding carboxylic acids is 1. The van der Waals surface area contributed by atoms with E-state index in [4.69, 9.17) is 4.52 Å². The summed E-state index contributed by atoms with van der Waals surface area (Å²) in [4.78, 5) is 15.5. The van der Waals surface area contributed by atoms with E-state index >= 15 is 0 Å². The van der Waals surface area contributed by atoms with Crippen LogP contribution in [0.15, 0.2) is 57.9 Å². The van der Waals surface area contributed by atoms with E-state index in [0.29, 0.717) is 6.20 Å². The molecule has 0 saturated heterocycles. The Morgan fingerprint density at radius 3 is 2.61 bits per heavy atom. The number of rotatable bonds is 4. The lowest BCUT2D eigenvalue weighted by molar-refractivity contribution is -0.774. The first-order valence-electron chi connectivity index (χ1n) is 7.96. The summed E-state index contributed by atoms with van der Waals surface area (Å²) < 4.78 is 45.6. The zero-order valence-electron chi connectivity index (χ0n) is 14.4. The highest BCUT2D eigenvalue weighted by atomic mass is 79.9. The monoisotopic (exact) mass is 456 g/mol. The van der Waals surface area contributed by atoms with Crippen LogP contribution < -0.4 is 15.3 Å². The van der Waals surface area contributed by atoms with Crippen LogP contribution in [0.5, 0.6) is 0 Å². The molecular weight excluding hydrogens is 443 g/mol. The van der Waals surface area contributed by atoms with Gasteiger partial charge in [-0.1, -0.05) is 28.1 Å². The van der Waals surface area contributed by atoms with Gasteiger partial charge in [0.05, 0.1) is 17.4 Å². The van der Waals surface area contributed by atoms with Gasteiger partial charge in [0.25, 0.3) is 6.20 Å². The van der Waals surface area contributed by atoms with Gasteiger partial charge in [-0.2, -0.15) is 13.2 Å². The Labute approximate surface area is 165 Å². The number of alkyl halides is 3. The van der Waals surface area contributed by atoms with E-state index in [1.807, 2.05) is 31.2 Å². The van der Waals surface area contributed by atoms with Crippen molar-refractivity contribution in [3.8, 4) is 0 Å². The van der Waals surface area contributed by atoms with E-state index < -0.39 is 17.8 Å². The third kappa shape index (κ3) is 4.85. The predicted molar refractivity (Wildman–Crippen MR) is 96.5 cm³/mol. The van der Waals surface area contributed by atoms with Crippen LogP contribution in [0.2, 0.25) is 0 Å². The fraction of sp³-hybridized carbons (Fsp3) is 0.176. The van der Waals surface area contributed by atoms with E-state index in [1.54, 1.807) is 0 Å². The zero-order chi connectivity index (χ0) is 20.3. The van der Waals surface area contributed by atoms with Crippen LogP contribution in [0, 0.1) is 0 Å². The lowest BCUT2D eigenvalue weighted by Gasteiger charge is -2.08. The largest absolute Gasteiger partial charge is 0.417 e. The van der Waals surface area contributed by atoms with Crippen molar-refractivity contribution in [3.63, 3.8) is 0 Å². The molecule has 1 unspecified atom stereocenters. The van der Waals surface area contributed by atoms with Gasteiger partial charge in [-0.3, -0.25) is 14.8 Å². The Morgan fingerprint density at radius 1 is 1.21 bits per heavy atom. The molecular formula is C17H14BrF3N5O2+. The molecule has 0 aliphatic carbocycles. The second kappa shape index (κ2) is 7.97. The number of amides is 2. The van der Waals surface area contributed by atoms with Gasteiger partial charge in [0.1, 0.15) is 0 Å². The van der Waals surface area contributed by atoms with Gasteiger partial charge in [-0.25, -0.2) is 4.79 Å². The number of benzene rings is 1. The van der Waals surface area contributed by atoms with Gasteiger partial charge in [0, 0.05) is 23.2 Å². The first-order valence-corrected chi connectivity index (χ1v) is 8.75. The van der Waals surface area contributed by atoms with E-state index in [1.165, 1.54) is 10.9 Å². The van der Waals surface area contributed by atoms with E-state index in [0.717, 1.165) is 22.3 Å². The van der Waals surface area contributed by atoms with Gasteiger partial charge in [-0.15, -0.1) is 0 Å². The maximum Gasteiger partial charge on any atom is 0.417 e. The maximum atomic E-state index is 12.7. The number of carbonyl (C=O) groups is 1. The summed E-state index contributed by atoms with van der Waals surface area (Å²) >= 11 is 3.36. The molecule has 1 aromatic carbocycles. The second-order valence-electron chi connectivity index (χ2n) is 5.81. The lowest BCUT2D eigenvalue weighted by atomic mass is 10.1. The minimum Gasteiger partial charge on any atom is -0.306 e. The van der Waals surface area contributed by atoms with Crippen molar-refractivity contribution in [2.45, 2.75) is 19.1 Å². The first kappa shape index (κ1) is 19.8. The molecule has 28 heavy (non-hydrogen) atoms. The van der Waals surface area contributed by atoms with Crippen molar-refractivity contribution in [2.75, 3.05) is 10.6 Å². The molecule has 7 nitrogen and oxygen atoms in total. The number of halogens is 4. The summed E-state index contributed by atoms with van der Waals surface area (Å²) in [5.41, 5.74) is -0.110. The molecule has 2 heterocycles. The lowest BCUT2D eigenvalue weighted by Crippen LogP contribution is -2.39. The van der Waals surface area contributed by atoms with Crippen LogP contribution in [0.4, 0.5) is 29.5 Å². The Kier molecular flexibility index (Phi) is 5.63. The topological polar surface area (TPSA) is 83.9 Å². The molecule has 11 heteroatoms. The van der Waals surface area contributed by atoms with Crippen molar-refractivity contribution in [3.05, 3.63) is 64.5 Å². The van der Waals surface area contributed by atoms with Crippen molar-refractivity contribution in [1.29, 1.82) is 0 Å². The van der Waals surface area contributed by atoms with Crippen LogP contribution >= 0.6 is 15.9 Å². The van der Waals surface area contributed by atoms with Crippen LogP contribution in [-0.2, 0) is 6.18 Å². The standard InChI is InChI=1S/C17H13BrF3N5O2/c1-10(11-2-4-13(18)5-3-11)26-9-15(28-25-26)24-16(27)23-14-6-12(7-22-8-14)17(19,20)21/h2-10H,1H3,(H-,23,24,25,27)/p+1. The number of hydrogen-bond donors (Lipinski definition) is 2. The molecule has 0 fully saturated rings. The summed E-state index contributed by atoms with van der Waals surface area (Å²) in [6.45, 7) is 1.89. The van der Waals surface area contributed by atoms with Crippen molar-refractivity contribution in [1.82, 2.24) is 10.3 Å². The number of nitrogens with zero attached hydrogens (tertiary/aromatic N) is 3. The Morgan fingerprint density at radius 2 is 1.93 bits per heavy atom. The van der Waals surface area contributed by atoms with Gasteiger partial charge >= 0.3 is 18.1 Å². The molecule has 0 saturated carbocycles. The highest BCUT2D eigenvalue weighted by Crippen LogP contribution is 2.29. The first-order chi connectivity index (χ1) is 13.2. The normalized spacial score (nSPS) is 12.5. The second-order valence-corrected chi connectivity index (χ2v) is 6.73. The molecule has 2 N–H and O–H groups in total. The quantitative estimate of drug-likeness (QED) is 0.570. The third-order valence-electron chi connectivity index (χ3n) is 3.79. The molecule has 0 aliphatic heterocycles. The van der Waals surface area contributed by atoms with Crippen molar-refractivity contribution < 1.29 is 27.2 Å². The molecule has 0 radical (unpaired) electrons. The minimum atomic E-state index is -4.55. The van der Waals surface area contributed by atoms with Crippen LogP contribution in [-0.4, -0.2) is 16.3 Å². The number of pyridine rings is 1. The Bertz CT molecular complexity index is 975. The molecule has 0 bridgehead atoms. The fourth-order valence-electron chi connectivity index (χ4n) is 2.33. The van der Waals surface area contributed by atoms with Crippen molar-refractivity contribution >= 4 is 33.5 Å². The maximum absolute atomic E-state index is 12.7. The molecule has 2 aromatic heterocycles. The average molecular weight is 457 g/mol. The average Bonchev–Trinajstić information content (AvgIpc) is 3.09. The molecule has 1 atom stereocenters. The van der Waals surface area contributed by atoms with Crippen LogP contribution in [0.3, 0.4) is 0 Å². The molecule has 0 spiro atoms. The van der Waals surface area contributed by atoms with Crippen LogP contribution in [0.1, 0.15) is 24.1 Å². The van der Waals surface area contributed by atoms with Gasteiger partial charge < -0.3 is 5.32 Å². The Hall–Kier alpha value is -2.95. The highest BCUT2D eigenvalue weighted by Gasteiger charge is 2.31. The summed E-state index contributed by atoms with van der Waals surface area (Å²) in [6.07, 6.45) is -1.31. The summed E-state index contributed by atoms with van der Waals surface area (Å²) in [7, 11) is 0. The number of hydrogen-bond acceptors (Lipinski definition) is 4. The predicted octanol–water partition coefficient (Wildman–Crippen LogP) is 4.39. The summed E-state index contributed by atoms with van der Waals surface area (Å²) in [6, 6.07) is 7.43. The summed E-state index contributed by atoms with van der Waals surface area (Å²) in [5, 5.41) is 8.48. The highest BCUT2D eigenvalue weighted by molar-refractivity contribution is 9.10. The van der Waals surface area contributed by atoms with Crippen molar-refractivity contribution in [2.24, 2.45) is 0 Å². The number of anilines is 2. The SMILES string of the molecule is CC(c1ccc(Br)cc1)[n+]1cc(NC(=O)Nc2cncc(C(F)(F)F)c2)on1.